The zero-order valence-electron chi connectivity index (χ0n) is 10.1. The first-order valence-corrected chi connectivity index (χ1v) is 6.34. The number of hydrogen-bond acceptors (Lipinski definition) is 4. The zero-order valence-corrected chi connectivity index (χ0v) is 10.9. The molecule has 0 radical (unpaired) electrons. The van der Waals surface area contributed by atoms with Crippen molar-refractivity contribution < 1.29 is 17.4 Å². The van der Waals surface area contributed by atoms with E-state index < -0.39 is 10.1 Å². The first-order chi connectivity index (χ1) is 7.12. The first-order valence-electron chi connectivity index (χ1n) is 4.87. The van der Waals surface area contributed by atoms with Crippen LogP contribution < -0.4 is 0 Å². The van der Waals surface area contributed by atoms with Gasteiger partial charge in [-0.25, -0.2) is 0 Å². The van der Waals surface area contributed by atoms with E-state index in [0.29, 0.717) is 0 Å². The Kier molecular flexibility index (Phi) is 5.61. The maximum absolute atomic E-state index is 11.3. The summed E-state index contributed by atoms with van der Waals surface area (Å²) >= 11 is 0. The Balaban J connectivity index is 4.31. The summed E-state index contributed by atoms with van der Waals surface area (Å²) in [6.45, 7) is 7.14. The van der Waals surface area contributed by atoms with Crippen LogP contribution in [0, 0.1) is 5.41 Å². The van der Waals surface area contributed by atoms with Gasteiger partial charge in [-0.1, -0.05) is 26.8 Å². The smallest absolute Gasteiger partial charge is 0.290 e. The van der Waals surface area contributed by atoms with Crippen molar-refractivity contribution in [3.05, 3.63) is 23.6 Å². The second kappa shape index (κ2) is 5.96. The van der Waals surface area contributed by atoms with Gasteiger partial charge in [0.25, 0.3) is 10.1 Å². The third-order valence-electron chi connectivity index (χ3n) is 1.34. The Hall–Kier alpha value is -0.940. The van der Waals surface area contributed by atoms with Crippen molar-refractivity contribution in [3.8, 4) is 0 Å². The molecule has 5 heteroatoms. The molecule has 0 atom stereocenters. The van der Waals surface area contributed by atoms with Gasteiger partial charge in [0.1, 0.15) is 0 Å². The summed E-state index contributed by atoms with van der Waals surface area (Å²) in [5.41, 5.74) is -0.212. The lowest BCUT2D eigenvalue weighted by atomic mass is 9.99. The Labute approximate surface area is 97.1 Å². The van der Waals surface area contributed by atoms with Crippen molar-refractivity contribution in [2.75, 3.05) is 6.61 Å². The molecule has 0 spiro atoms. The molecule has 0 amide bonds. The van der Waals surface area contributed by atoms with Crippen molar-refractivity contribution in [3.63, 3.8) is 0 Å². The van der Waals surface area contributed by atoms with Gasteiger partial charge in [0, 0.05) is 0 Å². The average molecular weight is 246 g/mol. The number of ketones is 1. The molecule has 4 nitrogen and oxygen atoms in total. The lowest BCUT2D eigenvalue weighted by Gasteiger charge is -2.16. The molecule has 92 valence electrons. The van der Waals surface area contributed by atoms with Gasteiger partial charge < -0.3 is 0 Å². The normalized spacial score (nSPS) is 13.8. The predicted octanol–water partition coefficient (Wildman–Crippen LogP) is 2.04. The second-order valence-corrected chi connectivity index (χ2v) is 6.11. The second-order valence-electron chi connectivity index (χ2n) is 4.61. The van der Waals surface area contributed by atoms with E-state index in [1.807, 2.05) is 20.8 Å². The fourth-order valence-electron chi connectivity index (χ4n) is 0.631. The van der Waals surface area contributed by atoms with E-state index in [4.69, 9.17) is 4.18 Å². The van der Waals surface area contributed by atoms with Gasteiger partial charge in [0.2, 0.25) is 0 Å². The van der Waals surface area contributed by atoms with Crippen molar-refractivity contribution in [2.45, 2.75) is 27.7 Å². The molecule has 0 rings (SSSR count). The van der Waals surface area contributed by atoms with Crippen LogP contribution >= 0.6 is 0 Å². The van der Waals surface area contributed by atoms with E-state index in [-0.39, 0.29) is 17.8 Å². The van der Waals surface area contributed by atoms with E-state index in [9.17, 15) is 13.2 Å². The predicted molar refractivity (Wildman–Crippen MR) is 63.3 cm³/mol. The van der Waals surface area contributed by atoms with Crippen LogP contribution in [-0.2, 0) is 19.1 Å². The highest BCUT2D eigenvalue weighted by atomic mass is 32.2. The average Bonchev–Trinajstić information content (AvgIpc) is 2.08. The molecule has 0 aromatic rings. The van der Waals surface area contributed by atoms with Gasteiger partial charge in [-0.2, -0.15) is 8.42 Å². The quantitative estimate of drug-likeness (QED) is 0.423. The van der Waals surface area contributed by atoms with Gasteiger partial charge in [0.15, 0.2) is 5.78 Å². The fraction of sp³-hybridized carbons (Fsp3) is 0.545. The van der Waals surface area contributed by atoms with Crippen LogP contribution in [-0.4, -0.2) is 20.8 Å². The van der Waals surface area contributed by atoms with E-state index in [1.54, 1.807) is 0 Å². The summed E-state index contributed by atoms with van der Waals surface area (Å²) in [4.78, 5) is 10.5. The highest BCUT2D eigenvalue weighted by molar-refractivity contribution is 7.89. The molecular formula is C11H18O4S. The van der Waals surface area contributed by atoms with Crippen LogP contribution in [0.25, 0.3) is 0 Å². The fourth-order valence-corrected chi connectivity index (χ4v) is 1.51. The van der Waals surface area contributed by atoms with Crippen molar-refractivity contribution in [2.24, 2.45) is 5.41 Å². The summed E-state index contributed by atoms with van der Waals surface area (Å²) in [6, 6.07) is 0. The SMILES string of the molecule is CC(=O)/C=C/C=C/S(=O)(=O)OCC(C)(C)C. The summed E-state index contributed by atoms with van der Waals surface area (Å²) in [5.74, 6) is -0.141. The molecule has 0 heterocycles. The monoisotopic (exact) mass is 246 g/mol. The Bertz CT molecular complexity index is 383. The van der Waals surface area contributed by atoms with Crippen LogP contribution in [0.3, 0.4) is 0 Å². The number of carbonyl (C=O) groups is 1. The standard InChI is InChI=1S/C11H18O4S/c1-10(12)7-5-6-8-16(13,14)15-9-11(2,3)4/h5-8H,9H2,1-4H3/b7-5+,8-6+. The van der Waals surface area contributed by atoms with Crippen LogP contribution in [0.1, 0.15) is 27.7 Å². The minimum atomic E-state index is -3.66. The molecule has 0 N–H and O–H groups in total. The van der Waals surface area contributed by atoms with Crippen molar-refractivity contribution in [1.82, 2.24) is 0 Å². The van der Waals surface area contributed by atoms with Gasteiger partial charge >= 0.3 is 0 Å². The minimum Gasteiger partial charge on any atom is -0.295 e. The Morgan fingerprint density at radius 3 is 2.25 bits per heavy atom. The number of allylic oxidation sites excluding steroid dienone is 3. The van der Waals surface area contributed by atoms with Gasteiger partial charge in [-0.15, -0.1) is 0 Å². The molecule has 0 saturated carbocycles. The third-order valence-corrected chi connectivity index (χ3v) is 2.28. The molecule has 0 aliphatic heterocycles. The lowest BCUT2D eigenvalue weighted by Crippen LogP contribution is -2.17. The topological polar surface area (TPSA) is 60.4 Å². The van der Waals surface area contributed by atoms with E-state index in [2.05, 4.69) is 0 Å². The summed E-state index contributed by atoms with van der Waals surface area (Å²) in [7, 11) is -3.66. The Morgan fingerprint density at radius 1 is 1.25 bits per heavy atom. The van der Waals surface area contributed by atoms with Crippen LogP contribution in [0.4, 0.5) is 0 Å². The maximum Gasteiger partial charge on any atom is 0.290 e. The molecule has 0 unspecified atom stereocenters. The van der Waals surface area contributed by atoms with Crippen molar-refractivity contribution >= 4 is 15.9 Å². The van der Waals surface area contributed by atoms with E-state index in [0.717, 1.165) is 5.41 Å². The molecular weight excluding hydrogens is 228 g/mol. The van der Waals surface area contributed by atoms with Crippen LogP contribution in [0.2, 0.25) is 0 Å². The molecule has 0 fully saturated rings. The third kappa shape index (κ3) is 9.61. The molecule has 0 aromatic heterocycles. The summed E-state index contributed by atoms with van der Waals surface area (Å²) in [5, 5.41) is 0.929. The molecule has 16 heavy (non-hydrogen) atoms. The number of carbonyl (C=O) groups excluding carboxylic acids is 1. The van der Waals surface area contributed by atoms with Crippen LogP contribution in [0.15, 0.2) is 23.6 Å². The number of rotatable bonds is 5. The van der Waals surface area contributed by atoms with Gasteiger partial charge in [-0.05, 0) is 24.5 Å². The highest BCUT2D eigenvalue weighted by Gasteiger charge is 2.15. The molecule has 0 saturated heterocycles. The highest BCUT2D eigenvalue weighted by Crippen LogP contribution is 2.14. The van der Waals surface area contributed by atoms with E-state index in [1.165, 1.54) is 25.2 Å². The molecule has 0 aliphatic carbocycles. The summed E-state index contributed by atoms with van der Waals surface area (Å²) < 4.78 is 27.4. The van der Waals surface area contributed by atoms with Gasteiger partial charge in [0.05, 0.1) is 12.0 Å². The maximum atomic E-state index is 11.3. The van der Waals surface area contributed by atoms with Gasteiger partial charge in [-0.3, -0.25) is 8.98 Å². The largest absolute Gasteiger partial charge is 0.295 e. The first kappa shape index (κ1) is 15.1. The minimum absolute atomic E-state index is 0.121. The Morgan fingerprint density at radius 2 is 1.81 bits per heavy atom. The lowest BCUT2D eigenvalue weighted by molar-refractivity contribution is -0.112. The van der Waals surface area contributed by atoms with Crippen molar-refractivity contribution in [1.29, 1.82) is 0 Å². The molecule has 0 bridgehead atoms. The molecule has 0 aromatic carbocycles. The number of hydrogen-bond donors (Lipinski definition) is 0. The van der Waals surface area contributed by atoms with E-state index >= 15 is 0 Å². The summed E-state index contributed by atoms with van der Waals surface area (Å²) in [6.07, 6.45) is 3.90. The molecule has 0 aliphatic rings. The zero-order chi connectivity index (χ0) is 12.8. The van der Waals surface area contributed by atoms with Crippen LogP contribution in [0.5, 0.6) is 0 Å².